The van der Waals surface area contributed by atoms with Gasteiger partial charge in [-0.15, -0.1) is 0 Å². The fraction of sp³-hybridized carbons (Fsp3) is 0.917. The second kappa shape index (κ2) is 6.41. The van der Waals surface area contributed by atoms with E-state index in [1.165, 1.54) is 0 Å². The highest BCUT2D eigenvalue weighted by Crippen LogP contribution is 2.24. The molecule has 1 unspecified atom stereocenters. The number of hydrogen-bond donors (Lipinski definition) is 2. The number of carbonyl (C=O) groups is 1. The summed E-state index contributed by atoms with van der Waals surface area (Å²) in [6.45, 7) is 11.5. The first kappa shape index (κ1) is 14.8. The largest absolute Gasteiger partial charge is 0.356 e. The van der Waals surface area contributed by atoms with Gasteiger partial charge < -0.3 is 5.32 Å². The first-order valence-corrected chi connectivity index (χ1v) is 6.19. The molecule has 0 aliphatic rings. The van der Waals surface area contributed by atoms with Gasteiger partial charge in [0.2, 0.25) is 5.91 Å². The van der Waals surface area contributed by atoms with Crippen molar-refractivity contribution in [3.05, 3.63) is 0 Å². The molecule has 0 aliphatic carbocycles. The Labute approximate surface area is 99.6 Å². The van der Waals surface area contributed by atoms with Crippen LogP contribution in [0.1, 0.15) is 47.5 Å². The minimum Gasteiger partial charge on any atom is -0.356 e. The number of nitrogens with one attached hydrogen (secondary N) is 1. The number of amides is 1. The maximum Gasteiger partial charge on any atom is 0.221 e. The van der Waals surface area contributed by atoms with E-state index in [-0.39, 0.29) is 16.6 Å². The van der Waals surface area contributed by atoms with Crippen molar-refractivity contribution in [2.24, 2.45) is 11.3 Å². The minimum absolute atomic E-state index is 0.106. The molecule has 0 aromatic carbocycles. The number of carbonyl (C=O) groups excluding carboxylic acids is 1. The van der Waals surface area contributed by atoms with E-state index < -0.39 is 0 Å². The third kappa shape index (κ3) is 8.79. The van der Waals surface area contributed by atoms with Crippen LogP contribution in [-0.4, -0.2) is 17.7 Å². The topological polar surface area (TPSA) is 29.1 Å². The molecule has 0 aromatic heterocycles. The van der Waals surface area contributed by atoms with Crippen molar-refractivity contribution in [2.75, 3.05) is 6.54 Å². The highest BCUT2D eigenvalue weighted by molar-refractivity contribution is 7.80. The molecule has 0 saturated heterocycles. The summed E-state index contributed by atoms with van der Waals surface area (Å²) in [7, 11) is 0. The summed E-state index contributed by atoms with van der Waals surface area (Å²) < 4.78 is 0. The second-order valence-electron chi connectivity index (χ2n) is 5.59. The van der Waals surface area contributed by atoms with Crippen LogP contribution in [0.15, 0.2) is 0 Å². The lowest BCUT2D eigenvalue weighted by molar-refractivity contribution is -0.121. The Morgan fingerprint density at radius 3 is 2.27 bits per heavy atom. The van der Waals surface area contributed by atoms with Crippen LogP contribution in [0.3, 0.4) is 0 Å². The molecule has 0 aromatic rings. The van der Waals surface area contributed by atoms with E-state index in [9.17, 15) is 4.79 Å². The molecule has 1 N–H and O–H groups in total. The SMILES string of the molecule is CC(C)CC(C)(C)CNC(=O)CC(C)S. The van der Waals surface area contributed by atoms with Crippen LogP contribution in [0, 0.1) is 11.3 Å². The average Bonchev–Trinajstić information content (AvgIpc) is 1.97. The minimum atomic E-state index is 0.106. The van der Waals surface area contributed by atoms with Gasteiger partial charge in [0, 0.05) is 18.2 Å². The summed E-state index contributed by atoms with van der Waals surface area (Å²) in [5.74, 6) is 0.773. The zero-order chi connectivity index (χ0) is 12.1. The summed E-state index contributed by atoms with van der Waals surface area (Å²) in [5, 5.41) is 3.11. The summed E-state index contributed by atoms with van der Waals surface area (Å²) in [4.78, 5) is 11.4. The molecule has 0 aliphatic heterocycles. The van der Waals surface area contributed by atoms with Crippen molar-refractivity contribution < 1.29 is 4.79 Å². The van der Waals surface area contributed by atoms with E-state index in [1.54, 1.807) is 0 Å². The average molecular weight is 231 g/mol. The molecular formula is C12H25NOS. The van der Waals surface area contributed by atoms with Gasteiger partial charge in [0.25, 0.3) is 0 Å². The van der Waals surface area contributed by atoms with Crippen LogP contribution >= 0.6 is 12.6 Å². The Bertz CT molecular complexity index is 200. The molecule has 0 saturated carbocycles. The molecule has 0 radical (unpaired) electrons. The number of rotatable bonds is 6. The molecule has 0 bridgehead atoms. The van der Waals surface area contributed by atoms with Crippen molar-refractivity contribution in [1.29, 1.82) is 0 Å². The van der Waals surface area contributed by atoms with Gasteiger partial charge in [-0.3, -0.25) is 4.79 Å². The van der Waals surface area contributed by atoms with Crippen molar-refractivity contribution in [3.8, 4) is 0 Å². The molecule has 3 heteroatoms. The third-order valence-electron chi connectivity index (χ3n) is 2.21. The highest BCUT2D eigenvalue weighted by Gasteiger charge is 2.20. The Morgan fingerprint density at radius 1 is 1.33 bits per heavy atom. The Hall–Kier alpha value is -0.180. The van der Waals surface area contributed by atoms with Crippen LogP contribution in [0.5, 0.6) is 0 Å². The molecule has 0 spiro atoms. The predicted octanol–water partition coefficient (Wildman–Crippen LogP) is 2.88. The first-order valence-electron chi connectivity index (χ1n) is 5.68. The fourth-order valence-electron chi connectivity index (χ4n) is 1.86. The van der Waals surface area contributed by atoms with Crippen LogP contribution in [0.25, 0.3) is 0 Å². The summed E-state index contributed by atoms with van der Waals surface area (Å²) >= 11 is 4.20. The van der Waals surface area contributed by atoms with Crippen molar-refractivity contribution >= 4 is 18.5 Å². The maximum atomic E-state index is 11.4. The first-order chi connectivity index (χ1) is 6.73. The maximum absolute atomic E-state index is 11.4. The molecular weight excluding hydrogens is 206 g/mol. The van der Waals surface area contributed by atoms with Gasteiger partial charge in [-0.05, 0) is 17.8 Å². The monoisotopic (exact) mass is 231 g/mol. The van der Waals surface area contributed by atoms with Crippen LogP contribution in [-0.2, 0) is 4.79 Å². The van der Waals surface area contributed by atoms with E-state index in [4.69, 9.17) is 0 Å². The number of thiol groups is 1. The van der Waals surface area contributed by atoms with Crippen molar-refractivity contribution in [1.82, 2.24) is 5.32 Å². The van der Waals surface area contributed by atoms with Gasteiger partial charge >= 0.3 is 0 Å². The third-order valence-corrected chi connectivity index (χ3v) is 2.39. The van der Waals surface area contributed by atoms with Crippen molar-refractivity contribution in [3.63, 3.8) is 0 Å². The van der Waals surface area contributed by atoms with Crippen molar-refractivity contribution in [2.45, 2.75) is 52.7 Å². The number of hydrogen-bond acceptors (Lipinski definition) is 2. The van der Waals surface area contributed by atoms with Gasteiger partial charge in [0.15, 0.2) is 0 Å². The Kier molecular flexibility index (Phi) is 6.34. The molecule has 0 heterocycles. The summed E-state index contributed by atoms with van der Waals surface area (Å²) in [6, 6.07) is 0. The van der Waals surface area contributed by atoms with Gasteiger partial charge in [0.05, 0.1) is 0 Å². The van der Waals surface area contributed by atoms with Crippen LogP contribution in [0.2, 0.25) is 0 Å². The van der Waals surface area contributed by atoms with Gasteiger partial charge in [-0.25, -0.2) is 0 Å². The van der Waals surface area contributed by atoms with Crippen LogP contribution < -0.4 is 5.32 Å². The molecule has 1 atom stereocenters. The Morgan fingerprint density at radius 2 is 1.87 bits per heavy atom. The molecule has 1 amide bonds. The van der Waals surface area contributed by atoms with Gasteiger partial charge in [-0.2, -0.15) is 12.6 Å². The zero-order valence-electron chi connectivity index (χ0n) is 10.6. The van der Waals surface area contributed by atoms with Crippen LogP contribution in [0.4, 0.5) is 0 Å². The lowest BCUT2D eigenvalue weighted by Crippen LogP contribution is -2.35. The standard InChI is InChI=1S/C12H25NOS/c1-9(2)7-12(4,5)8-13-11(14)6-10(3)15/h9-10,15H,6-8H2,1-5H3,(H,13,14). The Balaban J connectivity index is 3.87. The molecule has 0 fully saturated rings. The zero-order valence-corrected chi connectivity index (χ0v) is 11.5. The van der Waals surface area contributed by atoms with E-state index in [2.05, 4.69) is 45.6 Å². The normalized spacial score (nSPS) is 14.1. The van der Waals surface area contributed by atoms with Gasteiger partial charge in [-0.1, -0.05) is 34.6 Å². The second-order valence-corrected chi connectivity index (χ2v) is 6.47. The molecule has 0 rings (SSSR count). The van der Waals surface area contributed by atoms with E-state index >= 15 is 0 Å². The van der Waals surface area contributed by atoms with E-state index in [0.717, 1.165) is 13.0 Å². The lowest BCUT2D eigenvalue weighted by Gasteiger charge is -2.27. The van der Waals surface area contributed by atoms with E-state index in [0.29, 0.717) is 12.3 Å². The predicted molar refractivity (Wildman–Crippen MR) is 69.3 cm³/mol. The molecule has 90 valence electrons. The summed E-state index contributed by atoms with van der Waals surface area (Å²) in [5.41, 5.74) is 0.184. The van der Waals surface area contributed by atoms with Gasteiger partial charge in [0.1, 0.15) is 0 Å². The smallest absolute Gasteiger partial charge is 0.221 e. The van der Waals surface area contributed by atoms with E-state index in [1.807, 2.05) is 6.92 Å². The summed E-state index contributed by atoms with van der Waals surface area (Å²) in [6.07, 6.45) is 1.63. The quantitative estimate of drug-likeness (QED) is 0.676. The lowest BCUT2D eigenvalue weighted by atomic mass is 9.84. The highest BCUT2D eigenvalue weighted by atomic mass is 32.1. The fourth-order valence-corrected chi connectivity index (χ4v) is 2.02. The molecule has 2 nitrogen and oxygen atoms in total. The molecule has 15 heavy (non-hydrogen) atoms.